The molecule has 0 saturated heterocycles. The van der Waals surface area contributed by atoms with Crippen LogP contribution in [0, 0.1) is 20.8 Å². The van der Waals surface area contributed by atoms with E-state index in [2.05, 4.69) is 5.32 Å². The molecule has 0 radical (unpaired) electrons. The van der Waals surface area contributed by atoms with E-state index < -0.39 is 0 Å². The van der Waals surface area contributed by atoms with Gasteiger partial charge in [-0.2, -0.15) is 0 Å². The minimum Gasteiger partial charge on any atom is -0.491 e. The molecule has 5 heteroatoms. The van der Waals surface area contributed by atoms with Crippen LogP contribution in [-0.2, 0) is 4.79 Å². The highest BCUT2D eigenvalue weighted by Gasteiger charge is 2.10. The van der Waals surface area contributed by atoms with Crippen molar-refractivity contribution in [1.82, 2.24) is 5.32 Å². The second kappa shape index (κ2) is 8.77. The smallest absolute Gasteiger partial charge is 0.258 e. The minimum absolute atomic E-state index is 0.0464. The van der Waals surface area contributed by atoms with Crippen LogP contribution < -0.4 is 14.8 Å². The van der Waals surface area contributed by atoms with Gasteiger partial charge in [-0.25, -0.2) is 0 Å². The van der Waals surface area contributed by atoms with Crippen LogP contribution in [0.15, 0.2) is 36.4 Å². The van der Waals surface area contributed by atoms with E-state index in [1.165, 1.54) is 0 Å². The van der Waals surface area contributed by atoms with Crippen LogP contribution in [0.2, 0.25) is 5.02 Å². The molecule has 0 aromatic heterocycles. The molecule has 1 atom stereocenters. The lowest BCUT2D eigenvalue weighted by Gasteiger charge is -2.16. The molecule has 1 amide bonds. The van der Waals surface area contributed by atoms with Gasteiger partial charge in [-0.3, -0.25) is 4.79 Å². The molecule has 2 aromatic rings. The Morgan fingerprint density at radius 1 is 1.08 bits per heavy atom. The second-order valence-corrected chi connectivity index (χ2v) is 6.58. The van der Waals surface area contributed by atoms with E-state index >= 15 is 0 Å². The number of hydrogen-bond acceptors (Lipinski definition) is 3. The van der Waals surface area contributed by atoms with Crippen molar-refractivity contribution in [2.24, 2.45) is 0 Å². The van der Waals surface area contributed by atoms with Gasteiger partial charge in [-0.1, -0.05) is 29.8 Å². The standard InChI is InChI=1S/C20H24ClNO3/c1-13-7-5-6-8-18(13)25-11-16(4)22-19(23)12-24-17-9-14(2)20(21)15(3)10-17/h5-10,16H,11-12H2,1-4H3,(H,22,23)/t16-/m1/s1. The number of carbonyl (C=O) groups excluding carboxylic acids is 1. The highest BCUT2D eigenvalue weighted by molar-refractivity contribution is 6.32. The molecular weight excluding hydrogens is 338 g/mol. The number of para-hydroxylation sites is 1. The largest absolute Gasteiger partial charge is 0.491 e. The number of hydrogen-bond donors (Lipinski definition) is 1. The second-order valence-electron chi connectivity index (χ2n) is 6.20. The number of amides is 1. The van der Waals surface area contributed by atoms with E-state index in [-0.39, 0.29) is 18.6 Å². The molecule has 0 unspecified atom stereocenters. The van der Waals surface area contributed by atoms with Crippen molar-refractivity contribution in [3.63, 3.8) is 0 Å². The van der Waals surface area contributed by atoms with E-state index in [9.17, 15) is 4.79 Å². The number of nitrogens with one attached hydrogen (secondary N) is 1. The van der Waals surface area contributed by atoms with E-state index in [4.69, 9.17) is 21.1 Å². The van der Waals surface area contributed by atoms with Gasteiger partial charge in [-0.05, 0) is 62.6 Å². The summed E-state index contributed by atoms with van der Waals surface area (Å²) < 4.78 is 11.3. The van der Waals surface area contributed by atoms with Crippen molar-refractivity contribution >= 4 is 17.5 Å². The zero-order chi connectivity index (χ0) is 18.4. The first-order chi connectivity index (χ1) is 11.9. The third-order valence-corrected chi connectivity index (χ3v) is 4.37. The molecule has 0 fully saturated rings. The lowest BCUT2D eigenvalue weighted by Crippen LogP contribution is -2.39. The van der Waals surface area contributed by atoms with Gasteiger partial charge in [-0.15, -0.1) is 0 Å². The molecule has 0 saturated carbocycles. The molecule has 0 heterocycles. The van der Waals surface area contributed by atoms with E-state index in [1.54, 1.807) is 0 Å². The molecule has 2 rings (SSSR count). The first-order valence-corrected chi connectivity index (χ1v) is 8.62. The van der Waals surface area contributed by atoms with Gasteiger partial charge in [0.05, 0.1) is 6.04 Å². The summed E-state index contributed by atoms with van der Waals surface area (Å²) in [5.41, 5.74) is 2.92. The van der Waals surface area contributed by atoms with E-state index in [1.807, 2.05) is 64.1 Å². The Kier molecular flexibility index (Phi) is 6.71. The number of benzene rings is 2. The molecule has 2 aromatic carbocycles. The van der Waals surface area contributed by atoms with Gasteiger partial charge in [0.2, 0.25) is 0 Å². The quantitative estimate of drug-likeness (QED) is 0.802. The summed E-state index contributed by atoms with van der Waals surface area (Å²) in [6.45, 7) is 8.06. The Hall–Kier alpha value is -2.20. The van der Waals surface area contributed by atoms with Crippen LogP contribution in [0.5, 0.6) is 11.5 Å². The van der Waals surface area contributed by atoms with Gasteiger partial charge in [0.15, 0.2) is 6.61 Å². The van der Waals surface area contributed by atoms with Gasteiger partial charge in [0.1, 0.15) is 18.1 Å². The van der Waals surface area contributed by atoms with Crippen LogP contribution in [0.4, 0.5) is 0 Å². The highest BCUT2D eigenvalue weighted by atomic mass is 35.5. The molecule has 134 valence electrons. The fourth-order valence-corrected chi connectivity index (χ4v) is 2.54. The zero-order valence-corrected chi connectivity index (χ0v) is 15.8. The number of ether oxygens (including phenoxy) is 2. The maximum Gasteiger partial charge on any atom is 0.258 e. The van der Waals surface area contributed by atoms with Crippen molar-refractivity contribution in [2.75, 3.05) is 13.2 Å². The summed E-state index contributed by atoms with van der Waals surface area (Å²) in [6, 6.07) is 11.3. The third kappa shape index (κ3) is 5.68. The maximum absolute atomic E-state index is 12.0. The number of carbonyl (C=O) groups is 1. The normalized spacial score (nSPS) is 11.7. The zero-order valence-electron chi connectivity index (χ0n) is 15.1. The van der Waals surface area contributed by atoms with Crippen molar-refractivity contribution in [3.8, 4) is 11.5 Å². The van der Waals surface area contributed by atoms with Crippen LogP contribution in [0.25, 0.3) is 0 Å². The molecule has 4 nitrogen and oxygen atoms in total. The molecule has 0 aliphatic carbocycles. The minimum atomic E-state index is -0.189. The average Bonchev–Trinajstić information content (AvgIpc) is 2.57. The third-order valence-electron chi connectivity index (χ3n) is 3.77. The summed E-state index contributed by atoms with van der Waals surface area (Å²) >= 11 is 6.13. The summed E-state index contributed by atoms with van der Waals surface area (Å²) in [4.78, 5) is 12.0. The first-order valence-electron chi connectivity index (χ1n) is 8.24. The fourth-order valence-electron chi connectivity index (χ4n) is 2.43. The van der Waals surface area contributed by atoms with Crippen molar-refractivity contribution in [3.05, 3.63) is 58.1 Å². The van der Waals surface area contributed by atoms with Crippen LogP contribution in [0.1, 0.15) is 23.6 Å². The maximum atomic E-state index is 12.0. The van der Waals surface area contributed by atoms with Crippen LogP contribution in [0.3, 0.4) is 0 Å². The summed E-state index contributed by atoms with van der Waals surface area (Å²) in [7, 11) is 0. The average molecular weight is 362 g/mol. The lowest BCUT2D eigenvalue weighted by molar-refractivity contribution is -0.123. The molecule has 0 aliphatic heterocycles. The Labute approximate surface area is 154 Å². The van der Waals surface area contributed by atoms with Crippen LogP contribution in [-0.4, -0.2) is 25.2 Å². The van der Waals surface area contributed by atoms with Gasteiger partial charge in [0, 0.05) is 5.02 Å². The number of halogens is 1. The van der Waals surface area contributed by atoms with E-state index in [0.717, 1.165) is 27.5 Å². The fraction of sp³-hybridized carbons (Fsp3) is 0.350. The Bertz CT molecular complexity index is 722. The van der Waals surface area contributed by atoms with Gasteiger partial charge in [0.25, 0.3) is 5.91 Å². The Morgan fingerprint density at radius 3 is 2.36 bits per heavy atom. The SMILES string of the molecule is Cc1ccccc1OC[C@@H](C)NC(=O)COc1cc(C)c(Cl)c(C)c1. The van der Waals surface area contributed by atoms with Crippen LogP contribution >= 0.6 is 11.6 Å². The van der Waals surface area contributed by atoms with E-state index in [0.29, 0.717) is 12.4 Å². The Morgan fingerprint density at radius 2 is 1.72 bits per heavy atom. The monoisotopic (exact) mass is 361 g/mol. The summed E-state index contributed by atoms with van der Waals surface area (Å²) in [5, 5.41) is 3.59. The lowest BCUT2D eigenvalue weighted by atomic mass is 10.1. The predicted molar refractivity (Wildman–Crippen MR) is 101 cm³/mol. The van der Waals surface area contributed by atoms with Gasteiger partial charge >= 0.3 is 0 Å². The molecule has 25 heavy (non-hydrogen) atoms. The first kappa shape index (κ1) is 19.1. The summed E-state index contributed by atoms with van der Waals surface area (Å²) in [5.74, 6) is 1.27. The highest BCUT2D eigenvalue weighted by Crippen LogP contribution is 2.25. The molecular formula is C20H24ClNO3. The number of rotatable bonds is 7. The van der Waals surface area contributed by atoms with Crippen molar-refractivity contribution in [2.45, 2.75) is 33.7 Å². The number of aryl methyl sites for hydroxylation is 3. The summed E-state index contributed by atoms with van der Waals surface area (Å²) in [6.07, 6.45) is 0. The molecule has 0 bridgehead atoms. The topological polar surface area (TPSA) is 47.6 Å². The van der Waals surface area contributed by atoms with Gasteiger partial charge < -0.3 is 14.8 Å². The Balaban J connectivity index is 1.79. The van der Waals surface area contributed by atoms with Crippen molar-refractivity contribution in [1.29, 1.82) is 0 Å². The van der Waals surface area contributed by atoms with Crippen molar-refractivity contribution < 1.29 is 14.3 Å². The predicted octanol–water partition coefficient (Wildman–Crippen LogP) is 4.23. The molecule has 0 spiro atoms. The molecule has 1 N–H and O–H groups in total. The molecule has 0 aliphatic rings.